The molecule has 4 aromatic rings. The summed E-state index contributed by atoms with van der Waals surface area (Å²) in [6.45, 7) is 3.57. The monoisotopic (exact) mass is 565 g/mol. The maximum Gasteiger partial charge on any atom is 0.434 e. The lowest BCUT2D eigenvalue weighted by Gasteiger charge is -2.28. The third-order valence-corrected chi connectivity index (χ3v) is 7.00. The van der Waals surface area contributed by atoms with E-state index in [1.165, 1.54) is 29.1 Å². The smallest absolute Gasteiger partial charge is 0.434 e. The van der Waals surface area contributed by atoms with Crippen LogP contribution in [-0.4, -0.2) is 49.1 Å². The molecule has 0 unspecified atom stereocenters. The van der Waals surface area contributed by atoms with Crippen molar-refractivity contribution in [3.8, 4) is 34.4 Å². The first-order valence-electron chi connectivity index (χ1n) is 13.1. The quantitative estimate of drug-likeness (QED) is 0.301. The molecule has 41 heavy (non-hydrogen) atoms. The summed E-state index contributed by atoms with van der Waals surface area (Å²) in [5.41, 5.74) is 1.71. The number of ether oxygens (including phenoxy) is 2. The highest BCUT2D eigenvalue weighted by atomic mass is 19.4. The second kappa shape index (κ2) is 10.1. The van der Waals surface area contributed by atoms with Gasteiger partial charge in [-0.2, -0.15) is 13.2 Å². The van der Waals surface area contributed by atoms with E-state index in [0.717, 1.165) is 30.3 Å². The molecule has 13 heteroatoms. The summed E-state index contributed by atoms with van der Waals surface area (Å²) in [4.78, 5) is 36.2. The summed E-state index contributed by atoms with van der Waals surface area (Å²) in [6.07, 6.45) is 1.44. The van der Waals surface area contributed by atoms with E-state index in [1.807, 2.05) is 0 Å². The molecule has 1 amide bonds. The number of hydrogen-bond donors (Lipinski definition) is 0. The first-order valence-corrected chi connectivity index (χ1v) is 13.1. The average Bonchev–Trinajstić information content (AvgIpc) is 3.70. The number of rotatable bonds is 7. The Morgan fingerprint density at radius 3 is 2.51 bits per heavy atom. The van der Waals surface area contributed by atoms with Crippen molar-refractivity contribution in [2.24, 2.45) is 0 Å². The van der Waals surface area contributed by atoms with E-state index in [4.69, 9.17) is 14.5 Å². The second-order valence-electron chi connectivity index (χ2n) is 10.2. The zero-order chi connectivity index (χ0) is 28.9. The Labute approximate surface area is 233 Å². The van der Waals surface area contributed by atoms with Crippen molar-refractivity contribution in [1.29, 1.82) is 0 Å². The van der Waals surface area contributed by atoms with Gasteiger partial charge in [-0.1, -0.05) is 24.3 Å². The molecular formula is C28H26F3N7O3. The lowest BCUT2D eigenvalue weighted by molar-refractivity contribution is -0.140. The largest absolute Gasteiger partial charge is 0.480 e. The summed E-state index contributed by atoms with van der Waals surface area (Å²) in [5.74, 6) is 1.51. The van der Waals surface area contributed by atoms with Crippen LogP contribution in [0.4, 0.5) is 19.0 Å². The number of halogens is 3. The Balaban J connectivity index is 1.32. The minimum atomic E-state index is -4.55. The van der Waals surface area contributed by atoms with Crippen LogP contribution in [0.25, 0.3) is 22.8 Å². The van der Waals surface area contributed by atoms with Gasteiger partial charge < -0.3 is 14.0 Å². The van der Waals surface area contributed by atoms with Gasteiger partial charge in [-0.3, -0.25) is 9.69 Å². The van der Waals surface area contributed by atoms with Crippen molar-refractivity contribution < 1.29 is 27.4 Å². The summed E-state index contributed by atoms with van der Waals surface area (Å²) >= 11 is 0. The highest BCUT2D eigenvalue weighted by Crippen LogP contribution is 2.45. The van der Waals surface area contributed by atoms with E-state index in [0.29, 0.717) is 34.4 Å². The number of carbonyl (C=O) groups excluding carboxylic acids is 1. The normalized spacial score (nSPS) is 15.2. The van der Waals surface area contributed by atoms with Crippen molar-refractivity contribution in [2.45, 2.75) is 51.4 Å². The molecule has 1 fully saturated rings. The van der Waals surface area contributed by atoms with Crippen LogP contribution in [0, 0.1) is 0 Å². The van der Waals surface area contributed by atoms with Gasteiger partial charge in [0.05, 0.1) is 25.5 Å². The number of aromatic nitrogens is 6. The molecule has 1 aliphatic heterocycles. The van der Waals surface area contributed by atoms with E-state index in [9.17, 15) is 18.0 Å². The van der Waals surface area contributed by atoms with E-state index in [2.05, 4.69) is 19.9 Å². The van der Waals surface area contributed by atoms with E-state index >= 15 is 0 Å². The fourth-order valence-corrected chi connectivity index (χ4v) is 4.77. The standard InChI is InChI=1S/C28H26F3N7O3/c1-15(2)37-12-20(28(29,30)31)35-25(37)18-6-4-16(5-7-18)11-38-21(39)13-41-19-10-32-24(36-26(19)38)22-23(17-8-9-17)33-14-34-27(22)40-3/h4-7,10,12,14-15,17H,8-9,11,13H2,1-3H3. The number of alkyl halides is 3. The molecule has 0 bridgehead atoms. The van der Waals surface area contributed by atoms with E-state index in [1.54, 1.807) is 38.1 Å². The number of methoxy groups -OCH3 is 1. The number of hydrogen-bond acceptors (Lipinski definition) is 8. The van der Waals surface area contributed by atoms with Crippen molar-refractivity contribution in [3.05, 3.63) is 59.9 Å². The number of anilines is 1. The Kier molecular flexibility index (Phi) is 6.59. The molecule has 0 saturated heterocycles. The molecule has 0 N–H and O–H groups in total. The highest BCUT2D eigenvalue weighted by molar-refractivity contribution is 5.96. The van der Waals surface area contributed by atoms with Crippen LogP contribution in [-0.2, 0) is 17.5 Å². The van der Waals surface area contributed by atoms with Gasteiger partial charge in [0, 0.05) is 23.7 Å². The van der Waals surface area contributed by atoms with E-state index < -0.39 is 11.9 Å². The molecule has 1 saturated carbocycles. The molecule has 212 valence electrons. The zero-order valence-corrected chi connectivity index (χ0v) is 22.5. The maximum absolute atomic E-state index is 13.3. The number of benzene rings is 1. The SMILES string of the molecule is COc1ncnc(C2CC2)c1-c1ncc2c(n1)N(Cc1ccc(-c3nc(C(F)(F)F)cn3C(C)C)cc1)C(=O)CO2. The fraction of sp³-hybridized carbons (Fsp3) is 0.357. The molecular weight excluding hydrogens is 539 g/mol. The van der Waals surface area contributed by atoms with Gasteiger partial charge in [0.15, 0.2) is 29.7 Å². The molecule has 1 aliphatic carbocycles. The Morgan fingerprint density at radius 1 is 1.10 bits per heavy atom. The predicted molar refractivity (Wildman–Crippen MR) is 141 cm³/mol. The lowest BCUT2D eigenvalue weighted by Crippen LogP contribution is -2.39. The van der Waals surface area contributed by atoms with Crippen LogP contribution in [0.15, 0.2) is 43.0 Å². The summed E-state index contributed by atoms with van der Waals surface area (Å²) in [6, 6.07) is 6.68. The molecule has 1 aromatic carbocycles. The van der Waals surface area contributed by atoms with Crippen molar-refractivity contribution in [1.82, 2.24) is 29.5 Å². The topological polar surface area (TPSA) is 108 Å². The molecule has 4 heterocycles. The first-order chi connectivity index (χ1) is 19.6. The van der Waals surface area contributed by atoms with Crippen molar-refractivity contribution in [2.75, 3.05) is 18.6 Å². The predicted octanol–water partition coefficient (Wildman–Crippen LogP) is 5.21. The molecule has 0 atom stereocenters. The second-order valence-corrected chi connectivity index (χ2v) is 10.2. The maximum atomic E-state index is 13.3. The lowest BCUT2D eigenvalue weighted by atomic mass is 10.1. The number of fused-ring (bicyclic) bond motifs is 1. The summed E-state index contributed by atoms with van der Waals surface area (Å²) in [5, 5.41) is 0. The average molecular weight is 566 g/mol. The molecule has 2 aliphatic rings. The molecule has 0 spiro atoms. The third kappa shape index (κ3) is 5.07. The Morgan fingerprint density at radius 2 is 1.85 bits per heavy atom. The minimum absolute atomic E-state index is 0.163. The minimum Gasteiger partial charge on any atom is -0.480 e. The zero-order valence-electron chi connectivity index (χ0n) is 22.5. The van der Waals surface area contributed by atoms with Crippen LogP contribution in [0.2, 0.25) is 0 Å². The van der Waals surface area contributed by atoms with E-state index in [-0.39, 0.29) is 36.8 Å². The van der Waals surface area contributed by atoms with Gasteiger partial charge in [0.2, 0.25) is 5.88 Å². The van der Waals surface area contributed by atoms with Gasteiger partial charge in [-0.05, 0) is 32.3 Å². The summed E-state index contributed by atoms with van der Waals surface area (Å²) in [7, 11) is 1.51. The number of nitrogens with zero attached hydrogens (tertiary/aromatic N) is 7. The Hall–Kier alpha value is -4.55. The van der Waals surface area contributed by atoms with Gasteiger partial charge in [-0.25, -0.2) is 24.9 Å². The molecule has 0 radical (unpaired) electrons. The number of imidazole rings is 1. The number of amides is 1. The fourth-order valence-electron chi connectivity index (χ4n) is 4.77. The van der Waals surface area contributed by atoms with Crippen LogP contribution in [0.5, 0.6) is 11.6 Å². The highest BCUT2D eigenvalue weighted by Gasteiger charge is 2.36. The van der Waals surface area contributed by atoms with Crippen LogP contribution < -0.4 is 14.4 Å². The Bertz CT molecular complexity index is 1620. The van der Waals surface area contributed by atoms with Gasteiger partial charge >= 0.3 is 6.18 Å². The molecule has 6 rings (SSSR count). The third-order valence-electron chi connectivity index (χ3n) is 7.00. The van der Waals surface area contributed by atoms with Gasteiger partial charge in [0.25, 0.3) is 5.91 Å². The van der Waals surface area contributed by atoms with Crippen LogP contribution in [0.3, 0.4) is 0 Å². The van der Waals surface area contributed by atoms with Crippen molar-refractivity contribution in [3.63, 3.8) is 0 Å². The molecule has 3 aromatic heterocycles. The van der Waals surface area contributed by atoms with Crippen molar-refractivity contribution >= 4 is 11.7 Å². The van der Waals surface area contributed by atoms with Gasteiger partial charge in [-0.15, -0.1) is 0 Å². The summed E-state index contributed by atoms with van der Waals surface area (Å²) < 4.78 is 52.6. The van der Waals surface area contributed by atoms with Crippen LogP contribution >= 0.6 is 0 Å². The van der Waals surface area contributed by atoms with Crippen LogP contribution in [0.1, 0.15) is 55.6 Å². The first kappa shape index (κ1) is 26.7. The molecule has 10 nitrogen and oxygen atoms in total. The number of carbonyl (C=O) groups is 1. The van der Waals surface area contributed by atoms with Gasteiger partial charge in [0.1, 0.15) is 17.7 Å².